The van der Waals surface area contributed by atoms with E-state index in [4.69, 9.17) is 5.73 Å². The summed E-state index contributed by atoms with van der Waals surface area (Å²) in [6.07, 6.45) is 9.60. The molecule has 1 aliphatic carbocycles. The van der Waals surface area contributed by atoms with Gasteiger partial charge in [-0.15, -0.1) is 0 Å². The number of aliphatic carboxylic acids is 1. The number of carbonyl (C=O) groups excluding carboxylic acids is 12. The molecular weight excluding hydrogens is 1360 g/mol. The Morgan fingerprint density at radius 1 is 0.642 bits per heavy atom. The number of ketones is 7. The lowest BCUT2D eigenvalue weighted by Crippen LogP contribution is -2.62. The zero-order chi connectivity index (χ0) is 77.7. The number of aromatic amines is 1. The van der Waals surface area contributed by atoms with Crippen LogP contribution in [0, 0.1) is 5.92 Å². The Kier molecular flexibility index (Phi) is 33.8. The molecule has 1 fully saturated rings. The van der Waals surface area contributed by atoms with Crippen LogP contribution in [-0.4, -0.2) is 189 Å². The standard InChI is InChI=1S/C78H111N13O15/c1-48(2)39-62-74(105)88-76(7,67(97)46-81-49(3)64(94)33-38-80-50(4)65(95)43-79)34-21-14-12-10-9-11-13-15-22-35-77(8,91-90-60(70(101)52(6)92)40-53-23-17-16-18-24-53)68(98)47-82-51(5)66(96)45-84-61(41-54-27-29-56(93)30-28-54)71(102)86-63(42-55-44-83-58-26-20-19-25-57(55)58)72(103)85-59(31-32-69(99)100)73(104)89-78(36-37-78)75(106)87-62/h10,12,16-20,23-30,44,48-51,59-63,80-84,90-91,93H,9,11,13-15,21-22,31-43,45-47,79H2,1-8H3,(H,85,103)(H,86,102)(H,87,106)(H,88,105)(H,89,104)(H,99,100)/t49-,50-,51-,59-,60-,61-,62-,63-,76-,77+/m0/s1. The lowest BCUT2D eigenvalue weighted by molar-refractivity contribution is -0.139. The maximum absolute atomic E-state index is 15.0. The molecule has 6 rings (SSSR count). The number of allylic oxidation sites excluding steroid dienone is 2. The minimum Gasteiger partial charge on any atom is -0.508 e. The van der Waals surface area contributed by atoms with Crippen LogP contribution in [0.2, 0.25) is 0 Å². The van der Waals surface area contributed by atoms with Crippen LogP contribution in [0.15, 0.2) is 97.2 Å². The Morgan fingerprint density at radius 2 is 1.28 bits per heavy atom. The number of para-hydroxylation sites is 1. The first-order valence-electron chi connectivity index (χ1n) is 37.0. The first kappa shape index (κ1) is 85.9. The van der Waals surface area contributed by atoms with Crippen molar-refractivity contribution in [2.45, 2.75) is 236 Å². The van der Waals surface area contributed by atoms with Crippen molar-refractivity contribution in [1.82, 2.24) is 63.7 Å². The molecule has 5 amide bonds. The van der Waals surface area contributed by atoms with Gasteiger partial charge in [-0.25, -0.2) is 10.9 Å². The molecule has 1 spiro atoms. The van der Waals surface area contributed by atoms with Crippen molar-refractivity contribution in [2.24, 2.45) is 11.7 Å². The molecule has 28 nitrogen and oxygen atoms in total. The first-order chi connectivity index (χ1) is 50.4. The topological polar surface area (TPSA) is 437 Å². The molecule has 28 heteroatoms. The van der Waals surface area contributed by atoms with Crippen molar-refractivity contribution in [3.8, 4) is 5.75 Å². The highest BCUT2D eigenvalue weighted by Crippen LogP contribution is 2.36. The number of nitrogens with two attached hydrogens (primary N) is 1. The van der Waals surface area contributed by atoms with Crippen molar-refractivity contribution in [3.05, 3.63) is 114 Å². The summed E-state index contributed by atoms with van der Waals surface area (Å²) >= 11 is 0. The second kappa shape index (κ2) is 41.8. The van der Waals surface area contributed by atoms with E-state index in [2.05, 4.69) is 63.7 Å². The van der Waals surface area contributed by atoms with E-state index >= 15 is 4.79 Å². The fourth-order valence-electron chi connectivity index (χ4n) is 12.6. The van der Waals surface area contributed by atoms with Crippen LogP contribution in [-0.2, 0) is 81.6 Å². The summed E-state index contributed by atoms with van der Waals surface area (Å²) in [6, 6.07) is 13.3. The molecule has 1 aromatic heterocycles. The molecule has 3 aromatic carbocycles. The number of phenols is 1. The number of rotatable bonds is 27. The molecule has 106 heavy (non-hydrogen) atoms. The smallest absolute Gasteiger partial charge is 0.303 e. The molecule has 2 heterocycles. The number of carboxylic acid groups (broad SMARTS) is 1. The molecule has 0 bridgehead atoms. The number of fused-ring (bicyclic) bond motifs is 1. The molecular formula is C78H111N13O15. The Hall–Kier alpha value is -9.03. The summed E-state index contributed by atoms with van der Waals surface area (Å²) < 4.78 is 0. The molecule has 16 N–H and O–H groups in total. The zero-order valence-corrected chi connectivity index (χ0v) is 62.5. The predicted octanol–water partition coefficient (Wildman–Crippen LogP) is 3.34. The largest absolute Gasteiger partial charge is 0.508 e. The van der Waals surface area contributed by atoms with Gasteiger partial charge < -0.3 is 63.5 Å². The normalized spacial score (nSPS) is 23.5. The van der Waals surface area contributed by atoms with Crippen LogP contribution in [0.5, 0.6) is 5.75 Å². The summed E-state index contributed by atoms with van der Waals surface area (Å²) in [7, 11) is 0. The van der Waals surface area contributed by atoms with E-state index in [1.165, 1.54) is 19.1 Å². The van der Waals surface area contributed by atoms with Gasteiger partial charge in [0.25, 0.3) is 0 Å². The van der Waals surface area contributed by atoms with E-state index < -0.39 is 143 Å². The van der Waals surface area contributed by atoms with Gasteiger partial charge in [0, 0.05) is 49.8 Å². The maximum atomic E-state index is 15.0. The van der Waals surface area contributed by atoms with Crippen molar-refractivity contribution in [3.63, 3.8) is 0 Å². The molecule has 1 aliphatic heterocycles. The van der Waals surface area contributed by atoms with Crippen LogP contribution in [0.25, 0.3) is 10.9 Å². The number of benzene rings is 3. The number of aromatic hydroxyl groups is 1. The van der Waals surface area contributed by atoms with Gasteiger partial charge >= 0.3 is 5.97 Å². The van der Waals surface area contributed by atoms with Crippen LogP contribution in [0.1, 0.15) is 168 Å². The number of hydrazine groups is 1. The minimum atomic E-state index is -1.62. The van der Waals surface area contributed by atoms with E-state index in [0.29, 0.717) is 54.1 Å². The quantitative estimate of drug-likeness (QED) is 0.0231. The van der Waals surface area contributed by atoms with Crippen LogP contribution in [0.3, 0.4) is 0 Å². The predicted molar refractivity (Wildman–Crippen MR) is 400 cm³/mol. The molecule has 2 aliphatic rings. The zero-order valence-electron chi connectivity index (χ0n) is 62.5. The van der Waals surface area contributed by atoms with Gasteiger partial charge in [0.15, 0.2) is 34.7 Å². The number of amides is 5. The van der Waals surface area contributed by atoms with E-state index in [1.807, 2.05) is 62.4 Å². The lowest BCUT2D eigenvalue weighted by Gasteiger charge is -2.33. The molecule has 0 unspecified atom stereocenters. The van der Waals surface area contributed by atoms with Crippen molar-refractivity contribution in [2.75, 3.05) is 32.7 Å². The van der Waals surface area contributed by atoms with E-state index in [1.54, 1.807) is 71.1 Å². The highest BCUT2D eigenvalue weighted by Gasteiger charge is 2.53. The summed E-state index contributed by atoms with van der Waals surface area (Å²) in [5.41, 5.74) is 9.70. The minimum absolute atomic E-state index is 0.0405. The highest BCUT2D eigenvalue weighted by molar-refractivity contribution is 6.38. The van der Waals surface area contributed by atoms with Gasteiger partial charge in [0.1, 0.15) is 29.4 Å². The number of nitrogens with one attached hydrogen (secondary N) is 12. The summed E-state index contributed by atoms with van der Waals surface area (Å²) in [6.45, 7) is 11.9. The molecule has 578 valence electrons. The van der Waals surface area contributed by atoms with Crippen molar-refractivity contribution >= 4 is 86.9 Å². The summed E-state index contributed by atoms with van der Waals surface area (Å²) in [4.78, 5) is 184. The monoisotopic (exact) mass is 1470 g/mol. The number of hydrogen-bond donors (Lipinski definition) is 15. The highest BCUT2D eigenvalue weighted by atomic mass is 16.4. The second-order valence-corrected chi connectivity index (χ2v) is 29.1. The number of Topliss-reactive ketones (excluding diaryl/α,β-unsaturated/α-hetero) is 7. The van der Waals surface area contributed by atoms with Gasteiger partial charge in [0.2, 0.25) is 35.3 Å². The summed E-state index contributed by atoms with van der Waals surface area (Å²) in [5, 5.41) is 47.0. The summed E-state index contributed by atoms with van der Waals surface area (Å²) in [5.74, 6) is -8.73. The Morgan fingerprint density at radius 3 is 1.95 bits per heavy atom. The number of carboxylic acids is 1. The number of hydrogen-bond acceptors (Lipinski definition) is 21. The van der Waals surface area contributed by atoms with Gasteiger partial charge in [-0.2, -0.15) is 0 Å². The molecule has 0 radical (unpaired) electrons. The Labute approximate surface area is 620 Å². The average Bonchev–Trinajstić information content (AvgIpc) is 1.58. The molecule has 0 saturated heterocycles. The van der Waals surface area contributed by atoms with Crippen molar-refractivity contribution < 1.29 is 72.5 Å². The molecule has 1 saturated carbocycles. The van der Waals surface area contributed by atoms with Crippen LogP contribution in [0.4, 0.5) is 0 Å². The lowest BCUT2D eigenvalue weighted by atomic mass is 9.88. The third kappa shape index (κ3) is 27.1. The maximum Gasteiger partial charge on any atom is 0.303 e. The van der Waals surface area contributed by atoms with Crippen molar-refractivity contribution in [1.29, 1.82) is 0 Å². The fraction of sp³-hybridized carbons (Fsp3) is 0.551. The van der Waals surface area contributed by atoms with E-state index in [9.17, 15) is 67.7 Å². The number of carbonyl (C=O) groups is 13. The van der Waals surface area contributed by atoms with Crippen LogP contribution >= 0.6 is 0 Å². The van der Waals surface area contributed by atoms with E-state index in [0.717, 1.165) is 18.4 Å². The Bertz CT molecular complexity index is 3730. The third-order valence-corrected chi connectivity index (χ3v) is 19.8. The fourth-order valence-corrected chi connectivity index (χ4v) is 12.6. The van der Waals surface area contributed by atoms with Gasteiger partial charge in [-0.05, 0) is 152 Å². The Balaban J connectivity index is 1.33. The van der Waals surface area contributed by atoms with Gasteiger partial charge in [-0.3, -0.25) is 67.6 Å². The van der Waals surface area contributed by atoms with Gasteiger partial charge in [0.05, 0.1) is 67.5 Å². The first-order valence-corrected chi connectivity index (χ1v) is 37.0. The SMILES string of the molecule is CC(=O)C(=O)[C@H](Cc1ccccc1)NN[C@]1(C)CCCCCCC=CCCC[C@@](C)(C(=O)CN[C@@H](C)C(=O)CCN[C@@H](C)C(=O)CN)NC(=O)[C@H](CC(C)C)NC(=O)C2(CC2)NC(=O)[C@H](CCC(=O)O)NC(=O)[C@H](Cc2c[nH]c3ccccc23)NC(=O)[C@H](Cc2ccc(O)cc2)NCC(=O)[C@H](C)NCC1=O. The molecule has 4 aromatic rings. The second-order valence-electron chi connectivity index (χ2n) is 29.1. The number of aromatic nitrogens is 1. The average molecular weight is 1470 g/mol. The number of H-pyrrole nitrogens is 1. The van der Waals surface area contributed by atoms with E-state index in [-0.39, 0.29) is 113 Å². The third-order valence-electron chi connectivity index (χ3n) is 19.8. The van der Waals surface area contributed by atoms with Gasteiger partial charge in [-0.1, -0.05) is 106 Å². The number of phenolic OH excluding ortho intramolecular Hbond substituents is 1. The van der Waals surface area contributed by atoms with Crippen LogP contribution < -0.4 is 64.4 Å². The molecule has 10 atom stereocenters.